The van der Waals surface area contributed by atoms with Gasteiger partial charge in [-0.1, -0.05) is 0 Å². The second-order valence-corrected chi connectivity index (χ2v) is 2.54. The van der Waals surface area contributed by atoms with E-state index in [2.05, 4.69) is 4.98 Å². The summed E-state index contributed by atoms with van der Waals surface area (Å²) in [5, 5.41) is 9.02. The maximum absolute atomic E-state index is 13.2. The lowest BCUT2D eigenvalue weighted by Gasteiger charge is -1.98. The Morgan fingerprint density at radius 2 is 2.31 bits per heavy atom. The predicted molar refractivity (Wildman–Crippen MR) is 46.4 cm³/mol. The van der Waals surface area contributed by atoms with Crippen LogP contribution in [0.3, 0.4) is 0 Å². The van der Waals surface area contributed by atoms with E-state index < -0.39 is 5.82 Å². The number of aromatic nitrogens is 1. The van der Waals surface area contributed by atoms with E-state index in [1.807, 2.05) is 6.07 Å². The third-order valence-corrected chi connectivity index (χ3v) is 1.79. The summed E-state index contributed by atoms with van der Waals surface area (Å²) in [6.45, 7) is 0. The third-order valence-electron chi connectivity index (χ3n) is 1.79. The Bertz CT molecular complexity index is 546. The SMILES string of the molecule is [2H]c1ccc2c(F)ccc(C#N)c2n1. The van der Waals surface area contributed by atoms with E-state index in [-0.39, 0.29) is 22.6 Å². The van der Waals surface area contributed by atoms with Gasteiger partial charge >= 0.3 is 0 Å². The average molecular weight is 173 g/mol. The van der Waals surface area contributed by atoms with Crippen LogP contribution in [0.15, 0.2) is 30.4 Å². The monoisotopic (exact) mass is 173 g/mol. The van der Waals surface area contributed by atoms with Crippen molar-refractivity contribution in [1.29, 1.82) is 5.26 Å². The van der Waals surface area contributed by atoms with Crippen LogP contribution < -0.4 is 0 Å². The lowest BCUT2D eigenvalue weighted by atomic mass is 10.1. The number of hydrogen-bond donors (Lipinski definition) is 0. The van der Waals surface area contributed by atoms with Crippen molar-refractivity contribution in [3.05, 3.63) is 41.8 Å². The highest BCUT2D eigenvalue weighted by Gasteiger charge is 2.04. The van der Waals surface area contributed by atoms with E-state index in [9.17, 15) is 4.39 Å². The first-order chi connectivity index (χ1) is 6.72. The van der Waals surface area contributed by atoms with Crippen molar-refractivity contribution in [2.24, 2.45) is 0 Å². The minimum Gasteiger partial charge on any atom is -0.255 e. The van der Waals surface area contributed by atoms with Gasteiger partial charge in [0.25, 0.3) is 0 Å². The number of hydrogen-bond acceptors (Lipinski definition) is 2. The van der Waals surface area contributed by atoms with Gasteiger partial charge in [0.15, 0.2) is 0 Å². The van der Waals surface area contributed by atoms with Crippen molar-refractivity contribution in [1.82, 2.24) is 4.98 Å². The smallest absolute Gasteiger partial charge is 0.132 e. The minimum absolute atomic E-state index is 0.0274. The van der Waals surface area contributed by atoms with Crippen molar-refractivity contribution in [3.8, 4) is 6.07 Å². The molecule has 0 aliphatic rings. The first-order valence-corrected chi connectivity index (χ1v) is 3.68. The van der Waals surface area contributed by atoms with Gasteiger partial charge in [0.1, 0.15) is 11.9 Å². The number of rotatable bonds is 0. The Hall–Kier alpha value is -1.95. The molecule has 2 nitrogen and oxygen atoms in total. The Morgan fingerprint density at radius 1 is 1.46 bits per heavy atom. The normalized spacial score (nSPS) is 10.9. The molecule has 0 unspecified atom stereocenters. The summed E-state index contributed by atoms with van der Waals surface area (Å²) in [4.78, 5) is 3.81. The van der Waals surface area contributed by atoms with Gasteiger partial charge < -0.3 is 0 Å². The summed E-state index contributed by atoms with van der Waals surface area (Å²) in [7, 11) is 0. The number of nitriles is 1. The molecule has 0 radical (unpaired) electrons. The second-order valence-electron chi connectivity index (χ2n) is 2.54. The van der Waals surface area contributed by atoms with Crippen LogP contribution in [0, 0.1) is 17.1 Å². The van der Waals surface area contributed by atoms with E-state index in [0.29, 0.717) is 0 Å². The van der Waals surface area contributed by atoms with E-state index in [1.165, 1.54) is 24.3 Å². The topological polar surface area (TPSA) is 36.7 Å². The van der Waals surface area contributed by atoms with Crippen LogP contribution >= 0.6 is 0 Å². The van der Waals surface area contributed by atoms with Crippen molar-refractivity contribution in [2.45, 2.75) is 0 Å². The molecule has 0 amide bonds. The van der Waals surface area contributed by atoms with Gasteiger partial charge in [-0.25, -0.2) is 4.39 Å². The van der Waals surface area contributed by atoms with E-state index in [0.717, 1.165) is 0 Å². The maximum atomic E-state index is 13.2. The predicted octanol–water partition coefficient (Wildman–Crippen LogP) is 2.25. The maximum Gasteiger partial charge on any atom is 0.132 e. The van der Waals surface area contributed by atoms with Crippen LogP contribution in [0.2, 0.25) is 0 Å². The molecule has 0 N–H and O–H groups in total. The molecule has 13 heavy (non-hydrogen) atoms. The van der Waals surface area contributed by atoms with Crippen molar-refractivity contribution >= 4 is 10.9 Å². The molecule has 3 heteroatoms. The number of nitrogens with zero attached hydrogens (tertiary/aromatic N) is 2. The van der Waals surface area contributed by atoms with Gasteiger partial charge in [-0.15, -0.1) is 0 Å². The van der Waals surface area contributed by atoms with Gasteiger partial charge in [-0.05, 0) is 24.3 Å². The molecule has 0 fully saturated rings. The van der Waals surface area contributed by atoms with E-state index >= 15 is 0 Å². The zero-order chi connectivity index (χ0) is 10.1. The Balaban J connectivity index is 2.94. The summed E-state index contributed by atoms with van der Waals surface area (Å²) in [6.07, 6.45) is 0.0274. The molecule has 0 aliphatic carbocycles. The van der Waals surface area contributed by atoms with E-state index in [4.69, 9.17) is 6.63 Å². The molecule has 0 aliphatic heterocycles. The molecule has 0 saturated heterocycles. The Morgan fingerprint density at radius 3 is 3.08 bits per heavy atom. The van der Waals surface area contributed by atoms with Gasteiger partial charge in [-0.2, -0.15) is 5.26 Å². The summed E-state index contributed by atoms with van der Waals surface area (Å²) in [5.41, 5.74) is 0.538. The fourth-order valence-corrected chi connectivity index (χ4v) is 1.18. The van der Waals surface area contributed by atoms with Crippen LogP contribution in [-0.2, 0) is 0 Å². The van der Waals surface area contributed by atoms with Crippen LogP contribution in [0.5, 0.6) is 0 Å². The van der Waals surface area contributed by atoms with Crippen molar-refractivity contribution in [3.63, 3.8) is 0 Å². The molecular weight excluding hydrogens is 167 g/mol. The molecule has 1 heterocycles. The lowest BCUT2D eigenvalue weighted by molar-refractivity contribution is 0.639. The van der Waals surface area contributed by atoms with Crippen molar-refractivity contribution in [2.75, 3.05) is 0 Å². The molecule has 0 atom stereocenters. The molecule has 1 aromatic heterocycles. The fraction of sp³-hybridized carbons (Fsp3) is 0. The zero-order valence-corrected chi connectivity index (χ0v) is 6.58. The number of benzene rings is 1. The number of fused-ring (bicyclic) bond motifs is 1. The molecule has 1 aromatic carbocycles. The Kier molecular flexibility index (Phi) is 1.43. The highest BCUT2D eigenvalue weighted by atomic mass is 19.1. The summed E-state index contributed by atoms with van der Waals surface area (Å²) in [5.74, 6) is -0.425. The first-order valence-electron chi connectivity index (χ1n) is 4.18. The molecule has 62 valence electrons. The van der Waals surface area contributed by atoms with Crippen LogP contribution in [0.25, 0.3) is 10.9 Å². The average Bonchev–Trinajstić information content (AvgIpc) is 2.18. The lowest BCUT2D eigenvalue weighted by Crippen LogP contribution is -1.86. The zero-order valence-electron chi connectivity index (χ0n) is 7.58. The van der Waals surface area contributed by atoms with Gasteiger partial charge in [0, 0.05) is 11.6 Å². The highest BCUT2D eigenvalue weighted by molar-refractivity contribution is 5.84. The molecule has 0 spiro atoms. The molecule has 2 rings (SSSR count). The van der Waals surface area contributed by atoms with Crippen LogP contribution in [0.4, 0.5) is 4.39 Å². The molecule has 2 aromatic rings. The highest BCUT2D eigenvalue weighted by Crippen LogP contribution is 2.18. The standard InChI is InChI=1S/C10H5FN2/c11-9-4-3-7(6-12)10-8(9)2-1-5-13-10/h1-5H/i5D. The Labute approximate surface area is 75.7 Å². The summed E-state index contributed by atoms with van der Waals surface area (Å²) >= 11 is 0. The molecule has 0 saturated carbocycles. The molecule has 0 bridgehead atoms. The summed E-state index contributed by atoms with van der Waals surface area (Å²) < 4.78 is 20.5. The number of pyridine rings is 1. The van der Waals surface area contributed by atoms with Gasteiger partial charge in [0.2, 0.25) is 0 Å². The third kappa shape index (κ3) is 1.13. The number of halogens is 1. The molecular formula is C10H5FN2. The largest absolute Gasteiger partial charge is 0.255 e. The van der Waals surface area contributed by atoms with Gasteiger partial charge in [0.05, 0.1) is 12.5 Å². The summed E-state index contributed by atoms with van der Waals surface area (Å²) in [6, 6.07) is 7.36. The minimum atomic E-state index is -0.425. The second kappa shape index (κ2) is 2.83. The van der Waals surface area contributed by atoms with Crippen LogP contribution in [-0.4, -0.2) is 4.98 Å². The van der Waals surface area contributed by atoms with Crippen LogP contribution in [0.1, 0.15) is 6.93 Å². The first kappa shape index (κ1) is 6.55. The fourth-order valence-electron chi connectivity index (χ4n) is 1.18. The van der Waals surface area contributed by atoms with Gasteiger partial charge in [-0.3, -0.25) is 4.98 Å². The van der Waals surface area contributed by atoms with Crippen molar-refractivity contribution < 1.29 is 5.76 Å². The quantitative estimate of drug-likeness (QED) is 0.612. The van der Waals surface area contributed by atoms with E-state index in [1.54, 1.807) is 0 Å².